The Kier molecular flexibility index (Phi) is 6.68. The number of allylic oxidation sites excluding steroid dienone is 2. The van der Waals surface area contributed by atoms with Crippen LogP contribution in [0.25, 0.3) is 32.8 Å². The van der Waals surface area contributed by atoms with Crippen molar-refractivity contribution in [1.29, 1.82) is 0 Å². The Hall–Kier alpha value is -3.73. The number of para-hydroxylation sites is 2. The highest BCUT2D eigenvalue weighted by Crippen LogP contribution is 2.16. The molecule has 0 saturated carbocycles. The summed E-state index contributed by atoms with van der Waals surface area (Å²) in [5.41, 5.74) is 3.84. The molecule has 0 aliphatic heterocycles. The van der Waals surface area contributed by atoms with Crippen LogP contribution in [0.4, 0.5) is 0 Å². The Bertz CT molecular complexity index is 1030. The highest BCUT2D eigenvalue weighted by molar-refractivity contribution is 5.91. The number of hydrogen-bond acceptors (Lipinski definition) is 5. The summed E-state index contributed by atoms with van der Waals surface area (Å²) in [5.74, 6) is 0. The zero-order valence-electron chi connectivity index (χ0n) is 15.9. The number of benzene rings is 1. The third-order valence-electron chi connectivity index (χ3n) is 3.92. The van der Waals surface area contributed by atoms with Crippen LogP contribution in [0.15, 0.2) is 91.8 Å². The molecule has 0 N–H and O–H groups in total. The summed E-state index contributed by atoms with van der Waals surface area (Å²) in [7, 11) is 0. The fourth-order valence-corrected chi connectivity index (χ4v) is 2.43. The van der Waals surface area contributed by atoms with Gasteiger partial charge in [-0.1, -0.05) is 24.3 Å². The molecule has 0 radical (unpaired) electrons. The van der Waals surface area contributed by atoms with Crippen LogP contribution in [0.3, 0.4) is 0 Å². The summed E-state index contributed by atoms with van der Waals surface area (Å²) in [5, 5.41) is 2.10. The van der Waals surface area contributed by atoms with Gasteiger partial charge in [0, 0.05) is 48.0 Å². The van der Waals surface area contributed by atoms with Crippen molar-refractivity contribution in [2.45, 2.75) is 13.8 Å². The minimum Gasteiger partial charge on any atom is -0.264 e. The van der Waals surface area contributed by atoms with Crippen LogP contribution in [0.2, 0.25) is 0 Å². The molecule has 0 saturated heterocycles. The summed E-state index contributed by atoms with van der Waals surface area (Å²) >= 11 is 0. The van der Waals surface area contributed by atoms with E-state index in [9.17, 15) is 0 Å². The van der Waals surface area contributed by atoms with Crippen LogP contribution in [0, 0.1) is 0 Å². The van der Waals surface area contributed by atoms with Crippen molar-refractivity contribution in [3.8, 4) is 0 Å². The van der Waals surface area contributed by atoms with Crippen LogP contribution in [-0.4, -0.2) is 24.9 Å². The Morgan fingerprint density at radius 2 is 1.11 bits per heavy atom. The zero-order valence-corrected chi connectivity index (χ0v) is 15.9. The first-order valence-electron chi connectivity index (χ1n) is 8.99. The molecule has 5 rings (SSSR count). The molecule has 0 unspecified atom stereocenters. The van der Waals surface area contributed by atoms with E-state index in [2.05, 4.69) is 31.0 Å². The molecule has 0 fully saturated rings. The molecular formula is C23H21N5. The predicted octanol–water partition coefficient (Wildman–Crippen LogP) is 5.39. The van der Waals surface area contributed by atoms with Gasteiger partial charge in [0.2, 0.25) is 0 Å². The number of aromatic nitrogens is 5. The van der Waals surface area contributed by atoms with Crippen molar-refractivity contribution in [2.24, 2.45) is 0 Å². The lowest BCUT2D eigenvalue weighted by Gasteiger charge is -1.99. The highest BCUT2D eigenvalue weighted by atomic mass is 14.8. The fraction of sp³-hybridized carbons (Fsp3) is 0.0870. The topological polar surface area (TPSA) is 64.5 Å². The molecule has 0 bridgehead atoms. The minimum atomic E-state index is 0.949. The molecule has 1 aromatic carbocycles. The van der Waals surface area contributed by atoms with Gasteiger partial charge in [0.15, 0.2) is 0 Å². The molecule has 5 aromatic rings. The molecule has 0 amide bonds. The van der Waals surface area contributed by atoms with E-state index in [1.54, 1.807) is 24.8 Å². The van der Waals surface area contributed by atoms with E-state index >= 15 is 0 Å². The van der Waals surface area contributed by atoms with E-state index in [0.29, 0.717) is 0 Å². The molecule has 0 aliphatic carbocycles. The lowest BCUT2D eigenvalue weighted by atomic mass is 10.2. The largest absolute Gasteiger partial charge is 0.264 e. The SMILES string of the molecule is C/C=C\C.c1cc2nc3ccncc3cc2cn1.c1ccc2nccnc2c1. The van der Waals surface area contributed by atoms with Gasteiger partial charge in [-0.3, -0.25) is 19.9 Å². The second-order valence-corrected chi connectivity index (χ2v) is 5.84. The first-order chi connectivity index (χ1) is 13.8. The van der Waals surface area contributed by atoms with Gasteiger partial charge < -0.3 is 0 Å². The standard InChI is InChI=1S/C11H7N3.C8H6N2.C4H8/c1-3-12-6-8-5-9-7-13-4-2-11(9)14-10(1)8;1-2-4-8-7(3-1)9-5-6-10-8;1-3-4-2/h1-7H;1-6H;3-4H,1-2H3/b;;4-3-. The molecule has 0 spiro atoms. The van der Waals surface area contributed by atoms with Gasteiger partial charge in [-0.05, 0) is 44.2 Å². The van der Waals surface area contributed by atoms with E-state index in [1.807, 2.05) is 74.8 Å². The summed E-state index contributed by atoms with van der Waals surface area (Å²) in [4.78, 5) is 20.9. The number of nitrogens with zero attached hydrogens (tertiary/aromatic N) is 5. The van der Waals surface area contributed by atoms with E-state index in [1.165, 1.54) is 0 Å². The number of pyridine rings is 3. The summed E-state index contributed by atoms with van der Waals surface area (Å²) in [6.07, 6.45) is 14.5. The van der Waals surface area contributed by atoms with Crippen LogP contribution < -0.4 is 0 Å². The van der Waals surface area contributed by atoms with E-state index in [0.717, 1.165) is 32.8 Å². The summed E-state index contributed by atoms with van der Waals surface area (Å²) in [6.45, 7) is 4.00. The fourth-order valence-electron chi connectivity index (χ4n) is 2.43. The predicted molar refractivity (Wildman–Crippen MR) is 115 cm³/mol. The van der Waals surface area contributed by atoms with Crippen LogP contribution in [0.5, 0.6) is 0 Å². The average molecular weight is 367 g/mol. The van der Waals surface area contributed by atoms with Crippen molar-refractivity contribution in [3.05, 3.63) is 91.8 Å². The Morgan fingerprint density at radius 3 is 1.57 bits per heavy atom. The summed E-state index contributed by atoms with van der Waals surface area (Å²) < 4.78 is 0. The molecule has 0 aliphatic rings. The molecule has 5 nitrogen and oxygen atoms in total. The van der Waals surface area contributed by atoms with Crippen LogP contribution in [-0.2, 0) is 0 Å². The zero-order chi connectivity index (χ0) is 19.6. The lowest BCUT2D eigenvalue weighted by Crippen LogP contribution is -1.83. The molecule has 5 heteroatoms. The molecule has 138 valence electrons. The maximum Gasteiger partial charge on any atom is 0.0886 e. The van der Waals surface area contributed by atoms with Gasteiger partial charge in [0.1, 0.15) is 0 Å². The minimum absolute atomic E-state index is 0.949. The van der Waals surface area contributed by atoms with E-state index < -0.39 is 0 Å². The average Bonchev–Trinajstić information content (AvgIpc) is 2.78. The molecule has 4 aromatic heterocycles. The molecule has 0 atom stereocenters. The van der Waals surface area contributed by atoms with Crippen molar-refractivity contribution in [2.75, 3.05) is 0 Å². The normalized spacial score (nSPS) is 10.4. The van der Waals surface area contributed by atoms with E-state index in [-0.39, 0.29) is 0 Å². The molecule has 28 heavy (non-hydrogen) atoms. The van der Waals surface area contributed by atoms with Crippen LogP contribution >= 0.6 is 0 Å². The third kappa shape index (κ3) is 4.92. The van der Waals surface area contributed by atoms with Crippen molar-refractivity contribution < 1.29 is 0 Å². The van der Waals surface area contributed by atoms with Gasteiger partial charge in [-0.15, -0.1) is 0 Å². The number of rotatable bonds is 0. The number of hydrogen-bond donors (Lipinski definition) is 0. The van der Waals surface area contributed by atoms with Gasteiger partial charge in [-0.25, -0.2) is 4.98 Å². The maximum absolute atomic E-state index is 4.50. The third-order valence-corrected chi connectivity index (χ3v) is 3.92. The second kappa shape index (κ2) is 9.83. The Labute approximate surface area is 163 Å². The first kappa shape index (κ1) is 19.0. The summed E-state index contributed by atoms with van der Waals surface area (Å²) in [6, 6.07) is 13.7. The van der Waals surface area contributed by atoms with Gasteiger partial charge in [-0.2, -0.15) is 0 Å². The van der Waals surface area contributed by atoms with Gasteiger partial charge in [0.05, 0.1) is 22.1 Å². The van der Waals surface area contributed by atoms with E-state index in [4.69, 9.17) is 0 Å². The molecule has 4 heterocycles. The Balaban J connectivity index is 0.000000141. The second-order valence-electron chi connectivity index (χ2n) is 5.84. The van der Waals surface area contributed by atoms with Crippen molar-refractivity contribution in [1.82, 2.24) is 24.9 Å². The van der Waals surface area contributed by atoms with Crippen molar-refractivity contribution >= 4 is 32.8 Å². The maximum atomic E-state index is 4.50. The lowest BCUT2D eigenvalue weighted by molar-refractivity contribution is 1.29. The number of fused-ring (bicyclic) bond motifs is 3. The monoisotopic (exact) mass is 367 g/mol. The quantitative estimate of drug-likeness (QED) is 0.271. The highest BCUT2D eigenvalue weighted by Gasteiger charge is 1.97. The first-order valence-corrected chi connectivity index (χ1v) is 8.99. The smallest absolute Gasteiger partial charge is 0.0886 e. The van der Waals surface area contributed by atoms with Gasteiger partial charge >= 0.3 is 0 Å². The van der Waals surface area contributed by atoms with Gasteiger partial charge in [0.25, 0.3) is 0 Å². The molecular weight excluding hydrogens is 346 g/mol. The van der Waals surface area contributed by atoms with Crippen molar-refractivity contribution in [3.63, 3.8) is 0 Å². The van der Waals surface area contributed by atoms with Crippen LogP contribution in [0.1, 0.15) is 13.8 Å². The Morgan fingerprint density at radius 1 is 0.607 bits per heavy atom.